The molecule has 9 heteroatoms. The average Bonchev–Trinajstić information content (AvgIpc) is 2.78. The highest BCUT2D eigenvalue weighted by Crippen LogP contribution is 2.11. The Morgan fingerprint density at radius 1 is 0.933 bits per heavy atom. The third kappa shape index (κ3) is 4.96. The van der Waals surface area contributed by atoms with E-state index in [4.69, 9.17) is 0 Å². The van der Waals surface area contributed by atoms with Crippen LogP contribution in [0.15, 0.2) is 71.5 Å². The standard InChI is InChI=1S/C21H18N4O5/c1-30-19(27)13-22-20(28)14-7-9-15(10-8-14)23-21(29)17-11-12-18(26)25(24-17)16-5-3-2-4-6-16/h2-12H,13H2,1H3,(H,22,28)(H,23,29). The van der Waals surface area contributed by atoms with Gasteiger partial charge in [0.25, 0.3) is 17.4 Å². The summed E-state index contributed by atoms with van der Waals surface area (Å²) in [6.07, 6.45) is 0. The molecule has 3 aromatic rings. The highest BCUT2D eigenvalue weighted by atomic mass is 16.5. The van der Waals surface area contributed by atoms with Gasteiger partial charge in [0.05, 0.1) is 12.8 Å². The van der Waals surface area contributed by atoms with Gasteiger partial charge in [-0.05, 0) is 42.5 Å². The van der Waals surface area contributed by atoms with Crippen LogP contribution >= 0.6 is 0 Å². The van der Waals surface area contributed by atoms with E-state index in [0.29, 0.717) is 16.9 Å². The van der Waals surface area contributed by atoms with Crippen LogP contribution in [0, 0.1) is 0 Å². The summed E-state index contributed by atoms with van der Waals surface area (Å²) in [5, 5.41) is 9.20. The van der Waals surface area contributed by atoms with Gasteiger partial charge in [0.15, 0.2) is 0 Å². The molecular weight excluding hydrogens is 388 g/mol. The number of rotatable bonds is 6. The number of para-hydroxylation sites is 1. The summed E-state index contributed by atoms with van der Waals surface area (Å²) >= 11 is 0. The summed E-state index contributed by atoms with van der Waals surface area (Å²) in [4.78, 5) is 47.6. The molecule has 2 N–H and O–H groups in total. The first-order chi connectivity index (χ1) is 14.5. The van der Waals surface area contributed by atoms with Crippen molar-refractivity contribution in [3.63, 3.8) is 0 Å². The Morgan fingerprint density at radius 3 is 2.30 bits per heavy atom. The average molecular weight is 406 g/mol. The Hall–Kier alpha value is -4.27. The fourth-order valence-electron chi connectivity index (χ4n) is 2.51. The van der Waals surface area contributed by atoms with Gasteiger partial charge in [0, 0.05) is 17.3 Å². The highest BCUT2D eigenvalue weighted by Gasteiger charge is 2.12. The van der Waals surface area contributed by atoms with Gasteiger partial charge in [-0.1, -0.05) is 18.2 Å². The predicted molar refractivity (Wildman–Crippen MR) is 109 cm³/mol. The first-order valence-electron chi connectivity index (χ1n) is 8.90. The van der Waals surface area contributed by atoms with Crippen molar-refractivity contribution in [3.8, 4) is 5.69 Å². The molecule has 0 unspecified atom stereocenters. The van der Waals surface area contributed by atoms with E-state index in [1.54, 1.807) is 24.3 Å². The van der Waals surface area contributed by atoms with Crippen LogP contribution in [-0.4, -0.2) is 41.2 Å². The Labute approximate surface area is 171 Å². The van der Waals surface area contributed by atoms with Crippen LogP contribution in [0.1, 0.15) is 20.8 Å². The van der Waals surface area contributed by atoms with Gasteiger partial charge in [-0.25, -0.2) is 0 Å². The van der Waals surface area contributed by atoms with E-state index in [-0.39, 0.29) is 17.8 Å². The molecule has 0 spiro atoms. The number of carbonyl (C=O) groups excluding carboxylic acids is 3. The molecule has 1 aromatic heterocycles. The van der Waals surface area contributed by atoms with Crippen molar-refractivity contribution in [2.75, 3.05) is 19.0 Å². The Balaban J connectivity index is 1.70. The van der Waals surface area contributed by atoms with Gasteiger partial charge in [0.1, 0.15) is 12.2 Å². The van der Waals surface area contributed by atoms with Crippen LogP contribution < -0.4 is 16.2 Å². The molecule has 0 saturated heterocycles. The number of ether oxygens (including phenoxy) is 1. The third-order valence-electron chi connectivity index (χ3n) is 4.06. The van der Waals surface area contributed by atoms with Gasteiger partial charge in [-0.15, -0.1) is 0 Å². The molecule has 0 saturated carbocycles. The molecule has 9 nitrogen and oxygen atoms in total. The summed E-state index contributed by atoms with van der Waals surface area (Å²) < 4.78 is 5.60. The highest BCUT2D eigenvalue weighted by molar-refractivity contribution is 6.03. The molecule has 2 amide bonds. The number of carbonyl (C=O) groups is 3. The van der Waals surface area contributed by atoms with E-state index in [9.17, 15) is 19.2 Å². The molecule has 0 atom stereocenters. The molecule has 0 radical (unpaired) electrons. The molecular formula is C21H18N4O5. The maximum Gasteiger partial charge on any atom is 0.325 e. The summed E-state index contributed by atoms with van der Waals surface area (Å²) in [6.45, 7) is -0.239. The monoisotopic (exact) mass is 406 g/mol. The smallest absolute Gasteiger partial charge is 0.325 e. The van der Waals surface area contributed by atoms with Crippen LogP contribution in [0.2, 0.25) is 0 Å². The summed E-state index contributed by atoms with van der Waals surface area (Å²) in [7, 11) is 1.23. The lowest BCUT2D eigenvalue weighted by atomic mass is 10.2. The van der Waals surface area contributed by atoms with Gasteiger partial charge >= 0.3 is 5.97 Å². The second kappa shape index (κ2) is 9.28. The number of hydrogen-bond donors (Lipinski definition) is 2. The van der Waals surface area contributed by atoms with Crippen molar-refractivity contribution in [1.29, 1.82) is 0 Å². The van der Waals surface area contributed by atoms with Crippen molar-refractivity contribution >= 4 is 23.5 Å². The molecule has 152 valence electrons. The van der Waals surface area contributed by atoms with E-state index in [0.717, 1.165) is 4.68 Å². The van der Waals surface area contributed by atoms with E-state index < -0.39 is 17.8 Å². The van der Waals surface area contributed by atoms with Crippen LogP contribution in [0.3, 0.4) is 0 Å². The molecule has 0 fully saturated rings. The topological polar surface area (TPSA) is 119 Å². The minimum atomic E-state index is -0.559. The van der Waals surface area contributed by atoms with Gasteiger partial charge in [-0.3, -0.25) is 19.2 Å². The fourth-order valence-corrected chi connectivity index (χ4v) is 2.51. The first kappa shape index (κ1) is 20.5. The van der Waals surface area contributed by atoms with Crippen LogP contribution in [0.4, 0.5) is 5.69 Å². The number of esters is 1. The van der Waals surface area contributed by atoms with E-state index in [1.807, 2.05) is 6.07 Å². The quantitative estimate of drug-likeness (QED) is 0.597. The van der Waals surface area contributed by atoms with Crippen molar-refractivity contribution in [2.24, 2.45) is 0 Å². The molecule has 2 aromatic carbocycles. The Kier molecular flexibility index (Phi) is 6.33. The summed E-state index contributed by atoms with van der Waals surface area (Å²) in [5.41, 5.74) is 0.981. The normalized spacial score (nSPS) is 10.2. The molecule has 3 rings (SSSR count). The molecule has 0 aliphatic rings. The zero-order valence-corrected chi connectivity index (χ0v) is 16.0. The SMILES string of the molecule is COC(=O)CNC(=O)c1ccc(NC(=O)c2ccc(=O)n(-c3ccccc3)n2)cc1. The molecule has 0 aliphatic carbocycles. The van der Waals surface area contributed by atoms with Gasteiger partial charge < -0.3 is 15.4 Å². The van der Waals surface area contributed by atoms with Crippen molar-refractivity contribution < 1.29 is 19.1 Å². The largest absolute Gasteiger partial charge is 0.468 e. The molecule has 0 aliphatic heterocycles. The zero-order chi connectivity index (χ0) is 21.5. The van der Waals surface area contributed by atoms with Gasteiger partial charge in [0.2, 0.25) is 0 Å². The second-order valence-corrected chi connectivity index (χ2v) is 6.09. The number of aromatic nitrogens is 2. The van der Waals surface area contributed by atoms with Crippen molar-refractivity contribution in [3.05, 3.63) is 88.3 Å². The van der Waals surface area contributed by atoms with Crippen LogP contribution in [0.25, 0.3) is 5.69 Å². The number of benzene rings is 2. The Morgan fingerprint density at radius 2 is 1.63 bits per heavy atom. The summed E-state index contributed by atoms with van der Waals surface area (Å²) in [5.74, 6) is -1.52. The van der Waals surface area contributed by atoms with Crippen molar-refractivity contribution in [2.45, 2.75) is 0 Å². The number of hydrogen-bond acceptors (Lipinski definition) is 6. The van der Waals surface area contributed by atoms with Crippen LogP contribution in [0.5, 0.6) is 0 Å². The van der Waals surface area contributed by atoms with E-state index in [1.165, 1.54) is 43.5 Å². The maximum atomic E-state index is 12.5. The minimum Gasteiger partial charge on any atom is -0.468 e. The minimum absolute atomic E-state index is 0.0540. The van der Waals surface area contributed by atoms with Crippen molar-refractivity contribution in [1.82, 2.24) is 15.1 Å². The second-order valence-electron chi connectivity index (χ2n) is 6.09. The molecule has 30 heavy (non-hydrogen) atoms. The van der Waals surface area contributed by atoms with Gasteiger partial charge in [-0.2, -0.15) is 9.78 Å². The number of methoxy groups -OCH3 is 1. The predicted octanol–water partition coefficient (Wildman–Crippen LogP) is 1.39. The number of amides is 2. The van der Waals surface area contributed by atoms with Crippen LogP contribution in [-0.2, 0) is 9.53 Å². The lowest BCUT2D eigenvalue weighted by molar-refractivity contribution is -0.139. The number of nitrogens with zero attached hydrogens (tertiary/aromatic N) is 2. The maximum absolute atomic E-state index is 12.5. The number of anilines is 1. The first-order valence-corrected chi connectivity index (χ1v) is 8.90. The molecule has 1 heterocycles. The number of nitrogens with one attached hydrogen (secondary N) is 2. The van der Waals surface area contributed by atoms with E-state index in [2.05, 4.69) is 20.5 Å². The lowest BCUT2D eigenvalue weighted by Gasteiger charge is -2.09. The third-order valence-corrected chi connectivity index (χ3v) is 4.06. The Bertz CT molecular complexity index is 1120. The fraction of sp³-hybridized carbons (Fsp3) is 0.0952. The zero-order valence-electron chi connectivity index (χ0n) is 16.0. The summed E-state index contributed by atoms with van der Waals surface area (Å²) in [6, 6.07) is 17.4. The van der Waals surface area contributed by atoms with E-state index >= 15 is 0 Å². The molecule has 0 bridgehead atoms. The lowest BCUT2D eigenvalue weighted by Crippen LogP contribution is -2.30.